The molecule has 1 N–H and O–H groups in total. The van der Waals surface area contributed by atoms with Crippen LogP contribution in [-0.2, 0) is 6.42 Å². The first-order valence-corrected chi connectivity index (χ1v) is 8.25. The van der Waals surface area contributed by atoms with Crippen molar-refractivity contribution in [3.63, 3.8) is 0 Å². The predicted molar refractivity (Wildman–Crippen MR) is 81.5 cm³/mol. The summed E-state index contributed by atoms with van der Waals surface area (Å²) in [5.74, 6) is 2.38. The number of likely N-dealkylation sites (N-methyl/N-ethyl adjacent to an activating group) is 1. The molecule has 110 valence electrons. The zero-order valence-corrected chi connectivity index (χ0v) is 12.8. The topological polar surface area (TPSA) is 12.0 Å². The molecule has 0 heterocycles. The van der Waals surface area contributed by atoms with Crippen LogP contribution >= 0.6 is 11.6 Å². The second-order valence-corrected chi connectivity index (χ2v) is 6.73. The molecule has 3 rings (SSSR count). The second-order valence-electron chi connectivity index (χ2n) is 6.29. The minimum absolute atomic E-state index is 0.163. The van der Waals surface area contributed by atoms with Gasteiger partial charge in [-0.3, -0.25) is 0 Å². The smallest absolute Gasteiger partial charge is 0.127 e. The van der Waals surface area contributed by atoms with E-state index in [-0.39, 0.29) is 5.82 Å². The maximum Gasteiger partial charge on any atom is 0.127 e. The molecule has 1 aromatic carbocycles. The molecule has 2 fully saturated rings. The highest BCUT2D eigenvalue weighted by Gasteiger charge is 2.53. The summed E-state index contributed by atoms with van der Waals surface area (Å²) >= 11 is 5.83. The lowest BCUT2D eigenvalue weighted by Gasteiger charge is -2.19. The molecule has 3 atom stereocenters. The van der Waals surface area contributed by atoms with Gasteiger partial charge in [-0.1, -0.05) is 37.4 Å². The second kappa shape index (κ2) is 6.03. The summed E-state index contributed by atoms with van der Waals surface area (Å²) in [6, 6.07) is 5.49. The maximum absolute atomic E-state index is 14.0. The van der Waals surface area contributed by atoms with Gasteiger partial charge >= 0.3 is 0 Å². The number of rotatable bonds is 5. The van der Waals surface area contributed by atoms with E-state index >= 15 is 0 Å². The van der Waals surface area contributed by atoms with E-state index in [1.54, 1.807) is 6.07 Å². The van der Waals surface area contributed by atoms with Crippen LogP contribution < -0.4 is 5.32 Å². The van der Waals surface area contributed by atoms with Crippen LogP contribution in [0.3, 0.4) is 0 Å². The van der Waals surface area contributed by atoms with Gasteiger partial charge in [-0.2, -0.15) is 0 Å². The lowest BCUT2D eigenvalue weighted by molar-refractivity contribution is 0.430. The number of hydrogen-bond acceptors (Lipinski definition) is 1. The fourth-order valence-electron chi connectivity index (χ4n) is 4.18. The minimum atomic E-state index is -0.163. The van der Waals surface area contributed by atoms with E-state index < -0.39 is 0 Å². The summed E-state index contributed by atoms with van der Waals surface area (Å²) in [4.78, 5) is 0. The van der Waals surface area contributed by atoms with Gasteiger partial charge in [-0.25, -0.2) is 4.39 Å². The van der Waals surface area contributed by atoms with Crippen molar-refractivity contribution in [3.8, 4) is 0 Å². The summed E-state index contributed by atoms with van der Waals surface area (Å²) < 4.78 is 14.0. The third-order valence-electron chi connectivity index (χ3n) is 5.11. The van der Waals surface area contributed by atoms with Crippen molar-refractivity contribution in [2.75, 3.05) is 6.54 Å². The van der Waals surface area contributed by atoms with Crippen LogP contribution in [0.1, 0.15) is 38.2 Å². The molecule has 0 aromatic heterocycles. The first-order valence-electron chi connectivity index (χ1n) is 7.88. The van der Waals surface area contributed by atoms with Gasteiger partial charge in [0.2, 0.25) is 0 Å². The van der Waals surface area contributed by atoms with Crippen molar-refractivity contribution in [2.24, 2.45) is 17.8 Å². The van der Waals surface area contributed by atoms with E-state index in [1.165, 1.54) is 31.7 Å². The zero-order chi connectivity index (χ0) is 14.1. The fourth-order valence-corrected chi connectivity index (χ4v) is 4.33. The summed E-state index contributed by atoms with van der Waals surface area (Å²) in [5.41, 5.74) is 0.795. The van der Waals surface area contributed by atoms with E-state index in [4.69, 9.17) is 11.6 Å². The van der Waals surface area contributed by atoms with E-state index in [0.717, 1.165) is 36.3 Å². The van der Waals surface area contributed by atoms with Crippen molar-refractivity contribution >= 4 is 11.6 Å². The molecule has 2 aliphatic rings. The van der Waals surface area contributed by atoms with Crippen molar-refractivity contribution in [1.82, 2.24) is 5.32 Å². The average molecular weight is 296 g/mol. The Bertz CT molecular complexity index is 464. The maximum atomic E-state index is 14.0. The molecule has 3 heteroatoms. The first-order chi connectivity index (χ1) is 9.70. The van der Waals surface area contributed by atoms with Gasteiger partial charge < -0.3 is 5.32 Å². The molecule has 20 heavy (non-hydrogen) atoms. The molecule has 3 unspecified atom stereocenters. The number of fused-ring (bicyclic) bond motifs is 1. The number of benzene rings is 1. The molecule has 1 aromatic rings. The summed E-state index contributed by atoms with van der Waals surface area (Å²) in [6.45, 7) is 3.09. The monoisotopic (exact) mass is 295 g/mol. The molecule has 0 saturated heterocycles. The van der Waals surface area contributed by atoms with E-state index in [1.807, 2.05) is 6.07 Å². The molecular formula is C17H23ClFN. The Kier molecular flexibility index (Phi) is 4.32. The number of hydrogen-bond donors (Lipinski definition) is 1. The molecule has 2 aliphatic carbocycles. The van der Waals surface area contributed by atoms with Gasteiger partial charge in [-0.05, 0) is 61.3 Å². The van der Waals surface area contributed by atoms with Crippen LogP contribution in [0.15, 0.2) is 18.2 Å². The van der Waals surface area contributed by atoms with E-state index in [9.17, 15) is 4.39 Å². The molecule has 0 radical (unpaired) electrons. The highest BCUT2D eigenvalue weighted by Crippen LogP contribution is 2.57. The Balaban J connectivity index is 1.71. The van der Waals surface area contributed by atoms with Crippen LogP contribution in [0.4, 0.5) is 4.39 Å². The number of halogens is 2. The van der Waals surface area contributed by atoms with E-state index in [2.05, 4.69) is 12.2 Å². The third-order valence-corrected chi connectivity index (χ3v) is 5.34. The molecule has 0 amide bonds. The molecule has 2 saturated carbocycles. The molecule has 0 spiro atoms. The molecule has 0 aliphatic heterocycles. The van der Waals surface area contributed by atoms with Crippen LogP contribution in [-0.4, -0.2) is 12.6 Å². The van der Waals surface area contributed by atoms with E-state index in [0.29, 0.717) is 11.1 Å². The van der Waals surface area contributed by atoms with Gasteiger partial charge in [0, 0.05) is 11.1 Å². The molecular weight excluding hydrogens is 273 g/mol. The summed E-state index contributed by atoms with van der Waals surface area (Å²) in [5, 5.41) is 4.07. The van der Waals surface area contributed by atoms with Gasteiger partial charge in [0.25, 0.3) is 0 Å². The Labute approximate surface area is 125 Å². The quantitative estimate of drug-likeness (QED) is 0.847. The standard InChI is InChI=1S/C17H23ClFN/c1-2-20-16(17-13-5-3-4-6-14(13)17)9-11-7-8-12(18)10-15(11)19/h7-8,10,13-14,16-17,20H,2-6,9H2,1H3. The summed E-state index contributed by atoms with van der Waals surface area (Å²) in [6.07, 6.45) is 6.30. The zero-order valence-electron chi connectivity index (χ0n) is 12.0. The van der Waals surface area contributed by atoms with Crippen molar-refractivity contribution < 1.29 is 4.39 Å². The lowest BCUT2D eigenvalue weighted by Crippen LogP contribution is -2.34. The number of nitrogens with one attached hydrogen (secondary N) is 1. The van der Waals surface area contributed by atoms with Gasteiger partial charge in [0.05, 0.1) is 0 Å². The highest BCUT2D eigenvalue weighted by atomic mass is 35.5. The Morgan fingerprint density at radius 3 is 2.60 bits per heavy atom. The van der Waals surface area contributed by atoms with Crippen molar-refractivity contribution in [2.45, 2.75) is 45.1 Å². The minimum Gasteiger partial charge on any atom is -0.314 e. The van der Waals surface area contributed by atoms with Crippen LogP contribution in [0.2, 0.25) is 5.02 Å². The Morgan fingerprint density at radius 2 is 2.00 bits per heavy atom. The lowest BCUT2D eigenvalue weighted by atomic mass is 9.99. The SMILES string of the molecule is CCNC(Cc1ccc(Cl)cc1F)C1C2CCCCC21. The van der Waals surface area contributed by atoms with Crippen molar-refractivity contribution in [3.05, 3.63) is 34.6 Å². The third kappa shape index (κ3) is 2.87. The Morgan fingerprint density at radius 1 is 1.30 bits per heavy atom. The van der Waals surface area contributed by atoms with Gasteiger partial charge in [0.1, 0.15) is 5.82 Å². The highest BCUT2D eigenvalue weighted by molar-refractivity contribution is 6.30. The first kappa shape index (κ1) is 14.3. The summed E-state index contributed by atoms with van der Waals surface area (Å²) in [7, 11) is 0. The average Bonchev–Trinajstić information content (AvgIpc) is 3.15. The van der Waals surface area contributed by atoms with Crippen molar-refractivity contribution in [1.29, 1.82) is 0 Å². The largest absolute Gasteiger partial charge is 0.314 e. The van der Waals surface area contributed by atoms with Gasteiger partial charge in [0.15, 0.2) is 0 Å². The van der Waals surface area contributed by atoms with Crippen LogP contribution in [0.5, 0.6) is 0 Å². The van der Waals surface area contributed by atoms with Crippen LogP contribution in [0.25, 0.3) is 0 Å². The molecule has 1 nitrogen and oxygen atoms in total. The predicted octanol–water partition coefficient (Wildman–Crippen LogP) is 4.44. The van der Waals surface area contributed by atoms with Gasteiger partial charge in [-0.15, -0.1) is 0 Å². The Hall–Kier alpha value is -0.600. The van der Waals surface area contributed by atoms with Crippen LogP contribution in [0, 0.1) is 23.6 Å². The normalized spacial score (nSPS) is 29.9. The molecule has 0 bridgehead atoms. The fraction of sp³-hybridized carbons (Fsp3) is 0.647.